The molecule has 0 aliphatic heterocycles. The Morgan fingerprint density at radius 1 is 0.900 bits per heavy atom. The van der Waals surface area contributed by atoms with Crippen molar-refractivity contribution in [3.8, 4) is 0 Å². The molecule has 3 rings (SSSR count). The summed E-state index contributed by atoms with van der Waals surface area (Å²) in [5, 5.41) is 5.74. The fourth-order valence-corrected chi connectivity index (χ4v) is 3.24. The lowest BCUT2D eigenvalue weighted by Gasteiger charge is -2.15. The molecule has 3 aromatic rings. The van der Waals surface area contributed by atoms with Crippen molar-refractivity contribution in [3.63, 3.8) is 0 Å². The minimum atomic E-state index is -4.57. The first-order chi connectivity index (χ1) is 14.3. The number of nitrogens with zero attached hydrogens (tertiary/aromatic N) is 2. The molecule has 8 heteroatoms. The number of nitrogens with one attached hydrogen (secondary N) is 2. The molecule has 0 radical (unpaired) electrons. The van der Waals surface area contributed by atoms with Crippen LogP contribution >= 0.6 is 22.6 Å². The maximum Gasteiger partial charge on any atom is 0.421 e. The van der Waals surface area contributed by atoms with Gasteiger partial charge in [-0.3, -0.25) is 0 Å². The molecule has 1 aromatic heterocycles. The minimum absolute atomic E-state index is 0.0860. The smallest absolute Gasteiger partial charge is 0.340 e. The van der Waals surface area contributed by atoms with Crippen molar-refractivity contribution < 1.29 is 13.2 Å². The van der Waals surface area contributed by atoms with Crippen molar-refractivity contribution in [3.05, 3.63) is 69.4 Å². The zero-order valence-electron chi connectivity index (χ0n) is 16.4. The van der Waals surface area contributed by atoms with Gasteiger partial charge in [-0.15, -0.1) is 0 Å². The summed E-state index contributed by atoms with van der Waals surface area (Å²) >= 11 is 2.18. The highest BCUT2D eigenvalue weighted by Crippen LogP contribution is 2.35. The lowest BCUT2D eigenvalue weighted by molar-refractivity contribution is -0.137. The highest BCUT2D eigenvalue weighted by atomic mass is 127. The van der Waals surface area contributed by atoms with E-state index < -0.39 is 11.7 Å². The van der Waals surface area contributed by atoms with Gasteiger partial charge in [0.15, 0.2) is 0 Å². The van der Waals surface area contributed by atoms with Crippen molar-refractivity contribution in [2.24, 2.45) is 0 Å². The number of rotatable bonds is 8. The van der Waals surface area contributed by atoms with Gasteiger partial charge in [0.2, 0.25) is 5.95 Å². The van der Waals surface area contributed by atoms with Crippen LogP contribution in [0.4, 0.5) is 36.3 Å². The van der Waals surface area contributed by atoms with Crippen LogP contribution in [0, 0.1) is 3.57 Å². The predicted octanol–water partition coefficient (Wildman–Crippen LogP) is 7.32. The number of hydrogen-bond donors (Lipinski definition) is 2. The van der Waals surface area contributed by atoms with Crippen molar-refractivity contribution in [2.75, 3.05) is 10.6 Å². The van der Waals surface area contributed by atoms with Crippen LogP contribution in [-0.2, 0) is 12.6 Å². The molecule has 0 spiro atoms. The van der Waals surface area contributed by atoms with E-state index in [1.54, 1.807) is 12.1 Å². The van der Waals surface area contributed by atoms with Gasteiger partial charge in [0.05, 0.1) is 0 Å². The SMILES string of the molecule is CCCCCc1ccc(Nc2nc(Nc3ccc(I)cc3)ncc2C(F)(F)F)cc1. The van der Waals surface area contributed by atoms with E-state index in [4.69, 9.17) is 0 Å². The minimum Gasteiger partial charge on any atom is -0.340 e. The highest BCUT2D eigenvalue weighted by Gasteiger charge is 2.35. The number of unbranched alkanes of at least 4 members (excludes halogenated alkanes) is 2. The lowest BCUT2D eigenvalue weighted by Crippen LogP contribution is -2.12. The quantitative estimate of drug-likeness (QED) is 0.239. The van der Waals surface area contributed by atoms with Gasteiger partial charge >= 0.3 is 6.18 Å². The molecule has 0 bridgehead atoms. The van der Waals surface area contributed by atoms with E-state index in [9.17, 15) is 13.2 Å². The molecule has 2 N–H and O–H groups in total. The Balaban J connectivity index is 1.81. The van der Waals surface area contributed by atoms with Gasteiger partial charge in [-0.25, -0.2) is 4.98 Å². The molecule has 2 aromatic carbocycles. The number of halogens is 4. The largest absolute Gasteiger partial charge is 0.421 e. The third kappa shape index (κ3) is 6.32. The van der Waals surface area contributed by atoms with E-state index in [1.807, 2.05) is 36.4 Å². The molecular formula is C22H22F3IN4. The lowest BCUT2D eigenvalue weighted by atomic mass is 10.1. The fourth-order valence-electron chi connectivity index (χ4n) is 2.88. The van der Waals surface area contributed by atoms with Crippen LogP contribution in [0.1, 0.15) is 37.3 Å². The van der Waals surface area contributed by atoms with E-state index in [1.165, 1.54) is 0 Å². The topological polar surface area (TPSA) is 49.8 Å². The van der Waals surface area contributed by atoms with Crippen molar-refractivity contribution >= 4 is 45.7 Å². The van der Waals surface area contributed by atoms with Crippen LogP contribution in [0.3, 0.4) is 0 Å². The summed E-state index contributed by atoms with van der Waals surface area (Å²) in [6.45, 7) is 2.15. The summed E-state index contributed by atoms with van der Waals surface area (Å²) in [6, 6.07) is 14.8. The van der Waals surface area contributed by atoms with Gasteiger partial charge in [-0.05, 0) is 77.4 Å². The summed E-state index contributed by atoms with van der Waals surface area (Å²) in [5.74, 6) is -0.202. The Labute approximate surface area is 187 Å². The number of benzene rings is 2. The van der Waals surface area contributed by atoms with Gasteiger partial charge in [-0.1, -0.05) is 31.9 Å². The van der Waals surface area contributed by atoms with E-state index in [2.05, 4.69) is 50.1 Å². The molecule has 0 aliphatic rings. The van der Waals surface area contributed by atoms with Gasteiger partial charge in [0.25, 0.3) is 0 Å². The summed E-state index contributed by atoms with van der Waals surface area (Å²) < 4.78 is 41.4. The first-order valence-electron chi connectivity index (χ1n) is 9.68. The van der Waals surface area contributed by atoms with Crippen molar-refractivity contribution in [1.82, 2.24) is 9.97 Å². The molecule has 0 atom stereocenters. The van der Waals surface area contributed by atoms with Crippen LogP contribution in [0.15, 0.2) is 54.7 Å². The first-order valence-corrected chi connectivity index (χ1v) is 10.8. The van der Waals surface area contributed by atoms with Crippen LogP contribution in [0.2, 0.25) is 0 Å². The summed E-state index contributed by atoms with van der Waals surface area (Å²) in [4.78, 5) is 7.92. The Morgan fingerprint density at radius 2 is 1.53 bits per heavy atom. The molecule has 1 heterocycles. The maximum absolute atomic E-state index is 13.4. The molecule has 0 saturated carbocycles. The highest BCUT2D eigenvalue weighted by molar-refractivity contribution is 14.1. The Morgan fingerprint density at radius 3 is 2.17 bits per heavy atom. The van der Waals surface area contributed by atoms with E-state index in [0.717, 1.165) is 41.0 Å². The zero-order chi connectivity index (χ0) is 21.6. The normalized spacial score (nSPS) is 11.4. The van der Waals surface area contributed by atoms with E-state index >= 15 is 0 Å². The molecule has 158 valence electrons. The summed E-state index contributed by atoms with van der Waals surface area (Å²) in [7, 11) is 0. The molecule has 0 saturated heterocycles. The predicted molar refractivity (Wildman–Crippen MR) is 122 cm³/mol. The third-order valence-electron chi connectivity index (χ3n) is 4.48. The number of anilines is 4. The van der Waals surface area contributed by atoms with Crippen LogP contribution < -0.4 is 10.6 Å². The summed E-state index contributed by atoms with van der Waals surface area (Å²) in [5.41, 5.74) is 1.48. The monoisotopic (exact) mass is 526 g/mol. The number of hydrogen-bond acceptors (Lipinski definition) is 4. The third-order valence-corrected chi connectivity index (χ3v) is 5.20. The van der Waals surface area contributed by atoms with Crippen molar-refractivity contribution in [2.45, 2.75) is 38.8 Å². The van der Waals surface area contributed by atoms with Crippen LogP contribution in [0.25, 0.3) is 0 Å². The summed E-state index contributed by atoms with van der Waals surface area (Å²) in [6.07, 6.45) is 0.589. The molecule has 0 fully saturated rings. The van der Waals surface area contributed by atoms with E-state index in [-0.39, 0.29) is 11.8 Å². The molecule has 0 amide bonds. The molecule has 4 nitrogen and oxygen atoms in total. The molecule has 0 aliphatic carbocycles. The Kier molecular flexibility index (Phi) is 7.52. The second-order valence-corrected chi connectivity index (χ2v) is 8.11. The van der Waals surface area contributed by atoms with Gasteiger partial charge in [0, 0.05) is 21.1 Å². The standard InChI is InChI=1S/C22H22F3IN4/c1-2-3-4-5-15-6-10-17(11-7-15)28-20-19(22(23,24)25)14-27-21(30-20)29-18-12-8-16(26)9-13-18/h6-14H,2-5H2,1H3,(H2,27,28,29,30). The fraction of sp³-hybridized carbons (Fsp3) is 0.273. The number of alkyl halides is 3. The maximum atomic E-state index is 13.4. The first kappa shape index (κ1) is 22.3. The van der Waals surface area contributed by atoms with E-state index in [0.29, 0.717) is 11.4 Å². The molecule has 0 unspecified atom stereocenters. The van der Waals surface area contributed by atoms with Crippen LogP contribution in [-0.4, -0.2) is 9.97 Å². The second-order valence-electron chi connectivity index (χ2n) is 6.86. The van der Waals surface area contributed by atoms with Gasteiger partial charge < -0.3 is 10.6 Å². The Hall–Kier alpha value is -2.36. The number of aryl methyl sites for hydroxylation is 1. The Bertz CT molecular complexity index is 958. The average molecular weight is 526 g/mol. The van der Waals surface area contributed by atoms with Gasteiger partial charge in [0.1, 0.15) is 11.4 Å². The number of aromatic nitrogens is 2. The van der Waals surface area contributed by atoms with Crippen molar-refractivity contribution in [1.29, 1.82) is 0 Å². The molecule has 30 heavy (non-hydrogen) atoms. The van der Waals surface area contributed by atoms with Gasteiger partial charge in [-0.2, -0.15) is 18.2 Å². The average Bonchev–Trinajstić information content (AvgIpc) is 2.70. The van der Waals surface area contributed by atoms with Crippen LogP contribution in [0.5, 0.6) is 0 Å². The second kappa shape index (κ2) is 10.1. The molecular weight excluding hydrogens is 504 g/mol. The zero-order valence-corrected chi connectivity index (χ0v) is 18.6.